The zero-order chi connectivity index (χ0) is 11.5. The largest absolute Gasteiger partial charge is 0.307 e. The van der Waals surface area contributed by atoms with E-state index in [0.29, 0.717) is 6.04 Å². The van der Waals surface area contributed by atoms with E-state index in [1.165, 1.54) is 28.4 Å². The lowest BCUT2D eigenvalue weighted by atomic mass is 10.1. The molecule has 0 aliphatic heterocycles. The number of halogens is 1. The molecule has 0 aromatic heterocycles. The molecular weight excluding hydrogens is 309 g/mol. The van der Waals surface area contributed by atoms with E-state index in [1.54, 1.807) is 0 Å². The highest BCUT2D eigenvalue weighted by Crippen LogP contribution is 2.27. The zero-order valence-electron chi connectivity index (χ0n) is 10.0. The summed E-state index contributed by atoms with van der Waals surface area (Å²) in [5.74, 6) is 0.904. The molecule has 0 spiro atoms. The van der Waals surface area contributed by atoms with Crippen molar-refractivity contribution in [3.05, 3.63) is 33.4 Å². The standard InChI is InChI=1S/C14H20IN/c1-10-3-8-14(9-10)16-11(2)12-4-6-13(15)7-5-12/h4-7,10-11,14,16H,3,8-9H2,1-2H3. The van der Waals surface area contributed by atoms with Gasteiger partial charge in [0.05, 0.1) is 0 Å². The first kappa shape index (κ1) is 12.4. The molecule has 3 unspecified atom stereocenters. The molecule has 1 aliphatic rings. The Morgan fingerprint density at radius 2 is 1.94 bits per heavy atom. The maximum Gasteiger partial charge on any atom is 0.0294 e. The van der Waals surface area contributed by atoms with Crippen molar-refractivity contribution >= 4 is 22.6 Å². The summed E-state index contributed by atoms with van der Waals surface area (Å²) in [5.41, 5.74) is 1.40. The molecule has 16 heavy (non-hydrogen) atoms. The van der Waals surface area contributed by atoms with E-state index in [0.717, 1.165) is 12.0 Å². The second kappa shape index (κ2) is 5.50. The van der Waals surface area contributed by atoms with Gasteiger partial charge in [-0.1, -0.05) is 19.1 Å². The number of benzene rings is 1. The summed E-state index contributed by atoms with van der Waals surface area (Å²) in [6.45, 7) is 4.63. The minimum atomic E-state index is 0.479. The molecular formula is C14H20IN. The fourth-order valence-corrected chi connectivity index (χ4v) is 2.92. The van der Waals surface area contributed by atoms with Gasteiger partial charge < -0.3 is 5.32 Å². The molecule has 0 amide bonds. The predicted octanol–water partition coefficient (Wildman–Crippen LogP) is 4.13. The van der Waals surface area contributed by atoms with Gasteiger partial charge in [-0.3, -0.25) is 0 Å². The van der Waals surface area contributed by atoms with E-state index in [2.05, 4.69) is 66.0 Å². The summed E-state index contributed by atoms with van der Waals surface area (Å²) in [5, 5.41) is 3.74. The van der Waals surface area contributed by atoms with Gasteiger partial charge in [0.2, 0.25) is 0 Å². The Bertz CT molecular complexity index is 333. The lowest BCUT2D eigenvalue weighted by Crippen LogP contribution is -2.29. The van der Waals surface area contributed by atoms with Crippen LogP contribution in [0.1, 0.15) is 44.7 Å². The van der Waals surface area contributed by atoms with Gasteiger partial charge in [-0.25, -0.2) is 0 Å². The molecule has 0 radical (unpaired) electrons. The molecule has 88 valence electrons. The molecule has 3 atom stereocenters. The van der Waals surface area contributed by atoms with E-state index >= 15 is 0 Å². The van der Waals surface area contributed by atoms with Crippen molar-refractivity contribution < 1.29 is 0 Å². The maximum absolute atomic E-state index is 3.74. The molecule has 2 heteroatoms. The Morgan fingerprint density at radius 3 is 2.50 bits per heavy atom. The summed E-state index contributed by atoms with van der Waals surface area (Å²) in [6, 6.07) is 10.0. The number of hydrogen-bond donors (Lipinski definition) is 1. The Morgan fingerprint density at radius 1 is 1.25 bits per heavy atom. The molecule has 1 aliphatic carbocycles. The summed E-state index contributed by atoms with van der Waals surface area (Å²) in [4.78, 5) is 0. The summed E-state index contributed by atoms with van der Waals surface area (Å²) in [7, 11) is 0. The van der Waals surface area contributed by atoms with E-state index in [-0.39, 0.29) is 0 Å². The van der Waals surface area contributed by atoms with Crippen LogP contribution in [0.2, 0.25) is 0 Å². The molecule has 1 saturated carbocycles. The van der Waals surface area contributed by atoms with Crippen LogP contribution in [0.25, 0.3) is 0 Å². The van der Waals surface area contributed by atoms with Gasteiger partial charge in [0.15, 0.2) is 0 Å². The van der Waals surface area contributed by atoms with Crippen molar-refractivity contribution in [2.75, 3.05) is 0 Å². The molecule has 2 rings (SSSR count). The monoisotopic (exact) mass is 329 g/mol. The third-order valence-electron chi connectivity index (χ3n) is 3.55. The molecule has 1 fully saturated rings. The molecule has 0 bridgehead atoms. The molecule has 1 nitrogen and oxygen atoms in total. The normalized spacial score (nSPS) is 26.9. The minimum absolute atomic E-state index is 0.479. The lowest BCUT2D eigenvalue weighted by molar-refractivity contribution is 0.449. The fraction of sp³-hybridized carbons (Fsp3) is 0.571. The second-order valence-electron chi connectivity index (χ2n) is 5.06. The van der Waals surface area contributed by atoms with Crippen molar-refractivity contribution in [2.24, 2.45) is 5.92 Å². The van der Waals surface area contributed by atoms with Crippen molar-refractivity contribution in [2.45, 2.75) is 45.2 Å². The van der Waals surface area contributed by atoms with Crippen molar-refractivity contribution in [1.29, 1.82) is 0 Å². The highest BCUT2D eigenvalue weighted by atomic mass is 127. The Hall–Kier alpha value is -0.0900. The average molecular weight is 329 g/mol. The Kier molecular flexibility index (Phi) is 4.25. The van der Waals surface area contributed by atoms with Crippen LogP contribution in [0.5, 0.6) is 0 Å². The van der Waals surface area contributed by atoms with Crippen LogP contribution in [-0.2, 0) is 0 Å². The van der Waals surface area contributed by atoms with Gasteiger partial charge in [0, 0.05) is 15.7 Å². The van der Waals surface area contributed by atoms with Crippen LogP contribution < -0.4 is 5.32 Å². The summed E-state index contributed by atoms with van der Waals surface area (Å²) < 4.78 is 1.31. The first-order valence-electron chi connectivity index (χ1n) is 6.16. The Labute approximate surface area is 112 Å². The maximum atomic E-state index is 3.74. The molecule has 1 N–H and O–H groups in total. The van der Waals surface area contributed by atoms with Gasteiger partial charge >= 0.3 is 0 Å². The first-order chi connectivity index (χ1) is 7.65. The molecule has 0 saturated heterocycles. The third kappa shape index (κ3) is 3.20. The van der Waals surface area contributed by atoms with E-state index in [9.17, 15) is 0 Å². The van der Waals surface area contributed by atoms with Crippen LogP contribution >= 0.6 is 22.6 Å². The van der Waals surface area contributed by atoms with E-state index in [4.69, 9.17) is 0 Å². The van der Waals surface area contributed by atoms with Crippen molar-refractivity contribution in [3.63, 3.8) is 0 Å². The fourth-order valence-electron chi connectivity index (χ4n) is 2.56. The summed E-state index contributed by atoms with van der Waals surface area (Å²) >= 11 is 2.35. The predicted molar refractivity (Wildman–Crippen MR) is 77.5 cm³/mol. The average Bonchev–Trinajstić information content (AvgIpc) is 2.65. The van der Waals surface area contributed by atoms with Gasteiger partial charge in [-0.05, 0) is 72.4 Å². The smallest absolute Gasteiger partial charge is 0.0294 e. The van der Waals surface area contributed by atoms with Crippen molar-refractivity contribution in [1.82, 2.24) is 5.32 Å². The van der Waals surface area contributed by atoms with Crippen LogP contribution in [-0.4, -0.2) is 6.04 Å². The van der Waals surface area contributed by atoms with Crippen LogP contribution in [0.3, 0.4) is 0 Å². The first-order valence-corrected chi connectivity index (χ1v) is 7.24. The third-order valence-corrected chi connectivity index (χ3v) is 4.27. The Balaban J connectivity index is 1.92. The van der Waals surface area contributed by atoms with E-state index < -0.39 is 0 Å². The molecule has 1 aromatic rings. The lowest BCUT2D eigenvalue weighted by Gasteiger charge is -2.19. The number of nitrogens with one attached hydrogen (secondary N) is 1. The topological polar surface area (TPSA) is 12.0 Å². The van der Waals surface area contributed by atoms with Crippen molar-refractivity contribution in [3.8, 4) is 0 Å². The minimum Gasteiger partial charge on any atom is -0.307 e. The zero-order valence-corrected chi connectivity index (χ0v) is 12.2. The van der Waals surface area contributed by atoms with Crippen LogP contribution in [0.4, 0.5) is 0 Å². The number of rotatable bonds is 3. The van der Waals surface area contributed by atoms with Gasteiger partial charge in [0.1, 0.15) is 0 Å². The molecule has 1 aromatic carbocycles. The number of hydrogen-bond acceptors (Lipinski definition) is 1. The van der Waals surface area contributed by atoms with Crippen LogP contribution in [0.15, 0.2) is 24.3 Å². The molecule has 0 heterocycles. The quantitative estimate of drug-likeness (QED) is 0.822. The van der Waals surface area contributed by atoms with Gasteiger partial charge in [-0.2, -0.15) is 0 Å². The van der Waals surface area contributed by atoms with Crippen LogP contribution in [0, 0.1) is 9.49 Å². The SMILES string of the molecule is CC1CCC(NC(C)c2ccc(I)cc2)C1. The van der Waals surface area contributed by atoms with Gasteiger partial charge in [-0.15, -0.1) is 0 Å². The second-order valence-corrected chi connectivity index (χ2v) is 6.30. The highest BCUT2D eigenvalue weighted by molar-refractivity contribution is 14.1. The highest BCUT2D eigenvalue weighted by Gasteiger charge is 2.22. The van der Waals surface area contributed by atoms with E-state index in [1.807, 2.05) is 0 Å². The van der Waals surface area contributed by atoms with Gasteiger partial charge in [0.25, 0.3) is 0 Å². The summed E-state index contributed by atoms with van der Waals surface area (Å²) in [6.07, 6.45) is 4.07.